The lowest BCUT2D eigenvalue weighted by atomic mass is 10.0. The van der Waals surface area contributed by atoms with Crippen molar-refractivity contribution in [3.63, 3.8) is 0 Å². The van der Waals surface area contributed by atoms with E-state index in [0.717, 1.165) is 0 Å². The number of alkyl halides is 1. The van der Waals surface area contributed by atoms with Crippen molar-refractivity contribution in [3.05, 3.63) is 0 Å². The Labute approximate surface area is 206 Å². The molecule has 0 aromatic heterocycles. The molecule has 1 aliphatic heterocycles. The summed E-state index contributed by atoms with van der Waals surface area (Å²) in [6.45, 7) is 12.4. The molecule has 0 unspecified atom stereocenters. The number of nitrogens with one attached hydrogen (secondary N) is 3. The molecule has 1 aliphatic rings. The highest BCUT2D eigenvalue weighted by Crippen LogP contribution is 2.19. The number of Topliss-reactive ketones (excluding diaryl/α,β-unsaturated/α-hetero) is 1. The van der Waals surface area contributed by atoms with Gasteiger partial charge in [-0.2, -0.15) is 0 Å². The highest BCUT2D eigenvalue weighted by molar-refractivity contribution is 6.28. The molecule has 0 aromatic carbocycles. The number of carbonyl (C=O) groups is 5. The number of nitrogens with zero attached hydrogens (tertiary/aromatic N) is 1. The van der Waals surface area contributed by atoms with Crippen LogP contribution in [0.3, 0.4) is 0 Å². The maximum Gasteiger partial charge on any atom is 0.408 e. The van der Waals surface area contributed by atoms with Gasteiger partial charge in [-0.3, -0.25) is 19.2 Å². The highest BCUT2D eigenvalue weighted by atomic mass is 35.5. The third-order valence-corrected chi connectivity index (χ3v) is 5.50. The summed E-state index contributed by atoms with van der Waals surface area (Å²) in [6.07, 6.45) is 0.766. The number of alkyl carbamates (subject to hydrolysis) is 1. The summed E-state index contributed by atoms with van der Waals surface area (Å²) in [7, 11) is 0. The van der Waals surface area contributed by atoms with E-state index in [1.807, 2.05) is 13.8 Å². The third-order valence-electron chi connectivity index (χ3n) is 5.24. The smallest absolute Gasteiger partial charge is 0.408 e. The first kappa shape index (κ1) is 29.7. The number of hydrogen-bond donors (Lipinski definition) is 3. The number of ether oxygens (including phenoxy) is 1. The Bertz CT molecular complexity index is 767. The third kappa shape index (κ3) is 9.48. The molecule has 1 fully saturated rings. The summed E-state index contributed by atoms with van der Waals surface area (Å²) in [5, 5.41) is 7.78. The lowest BCUT2D eigenvalue weighted by Crippen LogP contribution is -2.56. The molecule has 34 heavy (non-hydrogen) atoms. The second-order valence-electron chi connectivity index (χ2n) is 10.1. The van der Waals surface area contributed by atoms with Gasteiger partial charge in [-0.1, -0.05) is 13.8 Å². The Morgan fingerprint density at radius 1 is 1.00 bits per heavy atom. The normalized spacial score (nSPS) is 18.6. The topological polar surface area (TPSA) is 134 Å². The number of ketones is 1. The molecule has 11 heteroatoms. The minimum absolute atomic E-state index is 0.164. The molecular weight excluding hydrogens is 464 g/mol. The number of amides is 4. The van der Waals surface area contributed by atoms with E-state index in [9.17, 15) is 24.0 Å². The van der Waals surface area contributed by atoms with Crippen LogP contribution in [-0.2, 0) is 23.9 Å². The molecule has 0 aliphatic carbocycles. The maximum atomic E-state index is 12.9. The van der Waals surface area contributed by atoms with Crippen LogP contribution in [0.25, 0.3) is 0 Å². The van der Waals surface area contributed by atoms with E-state index in [1.165, 1.54) is 18.7 Å². The van der Waals surface area contributed by atoms with E-state index >= 15 is 0 Å². The molecule has 1 saturated heterocycles. The van der Waals surface area contributed by atoms with Gasteiger partial charge in [0, 0.05) is 6.54 Å². The van der Waals surface area contributed by atoms with Crippen LogP contribution in [0.2, 0.25) is 0 Å². The zero-order valence-corrected chi connectivity index (χ0v) is 22.0. The molecule has 1 rings (SSSR count). The van der Waals surface area contributed by atoms with Crippen molar-refractivity contribution in [3.8, 4) is 0 Å². The van der Waals surface area contributed by atoms with Crippen LogP contribution in [-0.4, -0.2) is 76.7 Å². The summed E-state index contributed by atoms with van der Waals surface area (Å²) in [5.74, 6) is -1.73. The van der Waals surface area contributed by atoms with Crippen molar-refractivity contribution in [2.75, 3.05) is 12.4 Å². The molecule has 3 N–H and O–H groups in total. The van der Waals surface area contributed by atoms with E-state index in [2.05, 4.69) is 16.0 Å². The zero-order valence-electron chi connectivity index (χ0n) is 21.2. The molecule has 4 atom stereocenters. The average Bonchev–Trinajstić information content (AvgIpc) is 3.19. The summed E-state index contributed by atoms with van der Waals surface area (Å²) in [4.78, 5) is 63.8. The average molecular weight is 503 g/mol. The van der Waals surface area contributed by atoms with Crippen molar-refractivity contribution in [1.29, 1.82) is 0 Å². The number of carbonyl (C=O) groups excluding carboxylic acids is 5. The summed E-state index contributed by atoms with van der Waals surface area (Å²) >= 11 is 5.66. The zero-order chi connectivity index (χ0) is 26.2. The number of halogens is 1. The van der Waals surface area contributed by atoms with Gasteiger partial charge in [0.25, 0.3) is 0 Å². The Kier molecular flexibility index (Phi) is 11.3. The first-order chi connectivity index (χ1) is 15.7. The Morgan fingerprint density at radius 2 is 1.62 bits per heavy atom. The first-order valence-electron chi connectivity index (χ1n) is 11.7. The Morgan fingerprint density at radius 3 is 2.15 bits per heavy atom. The quantitative estimate of drug-likeness (QED) is 0.389. The minimum Gasteiger partial charge on any atom is -0.444 e. The summed E-state index contributed by atoms with van der Waals surface area (Å²) in [5.41, 5.74) is -0.706. The molecule has 0 bridgehead atoms. The van der Waals surface area contributed by atoms with Crippen LogP contribution in [0.15, 0.2) is 0 Å². The molecule has 0 spiro atoms. The molecule has 0 radical (unpaired) electrons. The van der Waals surface area contributed by atoms with Gasteiger partial charge in [0.1, 0.15) is 23.7 Å². The van der Waals surface area contributed by atoms with Gasteiger partial charge in [-0.15, -0.1) is 11.6 Å². The van der Waals surface area contributed by atoms with Crippen LogP contribution in [0.4, 0.5) is 4.79 Å². The maximum absolute atomic E-state index is 12.9. The lowest BCUT2D eigenvalue weighted by molar-refractivity contribution is -0.140. The molecule has 0 aromatic rings. The Balaban J connectivity index is 2.73. The van der Waals surface area contributed by atoms with Crippen LogP contribution >= 0.6 is 11.6 Å². The van der Waals surface area contributed by atoms with Gasteiger partial charge in [0.05, 0.1) is 11.9 Å². The fraction of sp³-hybridized carbons (Fsp3) is 0.783. The van der Waals surface area contributed by atoms with Gasteiger partial charge >= 0.3 is 6.09 Å². The van der Waals surface area contributed by atoms with Crippen molar-refractivity contribution >= 4 is 41.2 Å². The fourth-order valence-electron chi connectivity index (χ4n) is 3.61. The van der Waals surface area contributed by atoms with Crippen LogP contribution < -0.4 is 16.0 Å². The first-order valence-corrected chi connectivity index (χ1v) is 12.2. The number of likely N-dealkylation sites (tertiary alicyclic amines) is 1. The largest absolute Gasteiger partial charge is 0.444 e. The predicted octanol–water partition coefficient (Wildman–Crippen LogP) is 1.73. The Hall–Kier alpha value is -2.36. The van der Waals surface area contributed by atoms with Gasteiger partial charge < -0.3 is 25.6 Å². The molecule has 0 saturated carbocycles. The molecule has 10 nitrogen and oxygen atoms in total. The van der Waals surface area contributed by atoms with Crippen molar-refractivity contribution in [1.82, 2.24) is 20.9 Å². The summed E-state index contributed by atoms with van der Waals surface area (Å²) in [6, 6.07) is -3.29. The highest BCUT2D eigenvalue weighted by Gasteiger charge is 2.37. The molecular formula is C23H39ClN4O6. The van der Waals surface area contributed by atoms with Gasteiger partial charge in [-0.05, 0) is 59.8 Å². The second-order valence-corrected chi connectivity index (χ2v) is 10.3. The predicted molar refractivity (Wildman–Crippen MR) is 128 cm³/mol. The molecule has 194 valence electrons. The van der Waals surface area contributed by atoms with E-state index in [0.29, 0.717) is 25.8 Å². The van der Waals surface area contributed by atoms with Crippen LogP contribution in [0.1, 0.15) is 67.7 Å². The van der Waals surface area contributed by atoms with E-state index in [4.69, 9.17) is 16.3 Å². The monoisotopic (exact) mass is 502 g/mol. The molecule has 1 heterocycles. The van der Waals surface area contributed by atoms with Crippen LogP contribution in [0, 0.1) is 5.92 Å². The number of hydrogen-bond acceptors (Lipinski definition) is 6. The van der Waals surface area contributed by atoms with Crippen molar-refractivity contribution in [2.45, 2.75) is 97.5 Å². The van der Waals surface area contributed by atoms with Gasteiger partial charge in [-0.25, -0.2) is 4.79 Å². The van der Waals surface area contributed by atoms with E-state index in [1.54, 1.807) is 20.8 Å². The van der Waals surface area contributed by atoms with E-state index < -0.39 is 53.6 Å². The minimum atomic E-state index is -0.917. The lowest BCUT2D eigenvalue weighted by Gasteiger charge is -2.29. The van der Waals surface area contributed by atoms with E-state index in [-0.39, 0.29) is 17.6 Å². The van der Waals surface area contributed by atoms with Crippen molar-refractivity contribution < 1.29 is 28.7 Å². The second kappa shape index (κ2) is 12.9. The van der Waals surface area contributed by atoms with Gasteiger partial charge in [0.15, 0.2) is 5.78 Å². The molecule has 4 amide bonds. The van der Waals surface area contributed by atoms with Crippen molar-refractivity contribution in [2.24, 2.45) is 5.92 Å². The standard InChI is InChI=1S/C23H39ClN4O6/c1-13(2)11-16(18(29)12-24)27-19(30)14(3)25-20(31)17-9-8-10-28(17)21(32)15(4)26-22(33)34-23(5,6)7/h13-17H,8-12H2,1-7H3,(H,25,31)(H,26,33)(H,27,30)/t14-,15+,16-,17+/m0/s1. The summed E-state index contributed by atoms with van der Waals surface area (Å²) < 4.78 is 5.18. The SMILES string of the molecule is CC(C)C[C@H](NC(=O)[C@H](C)NC(=O)[C@H]1CCCN1C(=O)[C@@H](C)NC(=O)OC(C)(C)C)C(=O)CCl. The van der Waals surface area contributed by atoms with Crippen LogP contribution in [0.5, 0.6) is 0 Å². The fourth-order valence-corrected chi connectivity index (χ4v) is 3.79. The van der Waals surface area contributed by atoms with Gasteiger partial charge in [0.2, 0.25) is 17.7 Å². The number of rotatable bonds is 10.